The molecule has 16 heavy (non-hydrogen) atoms. The number of hydrogen-bond donors (Lipinski definition) is 1. The van der Waals surface area contributed by atoms with Crippen molar-refractivity contribution < 1.29 is 4.92 Å². The number of pyridine rings is 1. The normalized spacial score (nSPS) is 12.2. The summed E-state index contributed by atoms with van der Waals surface area (Å²) in [6.07, 6.45) is 1.10. The van der Waals surface area contributed by atoms with E-state index in [9.17, 15) is 10.1 Å². The maximum atomic E-state index is 10.6. The predicted octanol–water partition coefficient (Wildman–Crippen LogP) is 2.76. The molecule has 5 nitrogen and oxygen atoms in total. The van der Waals surface area contributed by atoms with Gasteiger partial charge in [-0.05, 0) is 18.9 Å². The van der Waals surface area contributed by atoms with E-state index in [1.807, 2.05) is 0 Å². The average Bonchev–Trinajstić information content (AvgIpc) is 2.25. The first kappa shape index (κ1) is 12.4. The Morgan fingerprint density at radius 1 is 1.56 bits per heavy atom. The third-order valence-corrected chi connectivity index (χ3v) is 2.58. The van der Waals surface area contributed by atoms with E-state index >= 15 is 0 Å². The van der Waals surface area contributed by atoms with Crippen LogP contribution in [0.5, 0.6) is 0 Å². The topological polar surface area (TPSA) is 68.1 Å². The second kappa shape index (κ2) is 5.44. The van der Waals surface area contributed by atoms with Gasteiger partial charge in [-0.2, -0.15) is 0 Å². The Bertz CT molecular complexity index is 379. The maximum Gasteiger partial charge on any atom is 0.290 e. The molecule has 1 unspecified atom stereocenters. The summed E-state index contributed by atoms with van der Waals surface area (Å²) in [6.45, 7) is 6.75. The summed E-state index contributed by atoms with van der Waals surface area (Å²) in [6, 6.07) is 3.13. The molecule has 1 atom stereocenters. The van der Waals surface area contributed by atoms with Gasteiger partial charge in [-0.25, -0.2) is 4.98 Å². The predicted molar refractivity (Wildman–Crippen MR) is 63.6 cm³/mol. The van der Waals surface area contributed by atoms with Crippen LogP contribution in [0.4, 0.5) is 11.5 Å². The van der Waals surface area contributed by atoms with Gasteiger partial charge in [0, 0.05) is 12.6 Å². The van der Waals surface area contributed by atoms with Gasteiger partial charge in [0.25, 0.3) is 5.69 Å². The van der Waals surface area contributed by atoms with Gasteiger partial charge in [0.2, 0.25) is 0 Å². The van der Waals surface area contributed by atoms with Crippen LogP contribution in [0.2, 0.25) is 0 Å². The van der Waals surface area contributed by atoms with Gasteiger partial charge >= 0.3 is 0 Å². The summed E-state index contributed by atoms with van der Waals surface area (Å²) in [4.78, 5) is 14.3. The Morgan fingerprint density at radius 2 is 2.25 bits per heavy atom. The number of aryl methyl sites for hydroxylation is 1. The van der Waals surface area contributed by atoms with Crippen molar-refractivity contribution in [3.8, 4) is 0 Å². The SMILES string of the molecule is CCC(C)CNc1ccc([N+](=O)[O-])c(C)n1. The molecule has 0 bridgehead atoms. The van der Waals surface area contributed by atoms with Gasteiger partial charge in [-0.3, -0.25) is 10.1 Å². The smallest absolute Gasteiger partial charge is 0.290 e. The van der Waals surface area contributed by atoms with Gasteiger partial charge < -0.3 is 5.32 Å². The molecule has 0 aromatic carbocycles. The molecule has 1 N–H and O–H groups in total. The molecular formula is C11H17N3O2. The first-order valence-electron chi connectivity index (χ1n) is 5.40. The minimum Gasteiger partial charge on any atom is -0.370 e. The van der Waals surface area contributed by atoms with E-state index in [4.69, 9.17) is 0 Å². The summed E-state index contributed by atoms with van der Waals surface area (Å²) >= 11 is 0. The number of nitro groups is 1. The zero-order valence-corrected chi connectivity index (χ0v) is 9.86. The largest absolute Gasteiger partial charge is 0.370 e. The first-order chi connectivity index (χ1) is 7.54. The van der Waals surface area contributed by atoms with Crippen LogP contribution in [0.25, 0.3) is 0 Å². The third kappa shape index (κ3) is 3.18. The number of hydrogen-bond acceptors (Lipinski definition) is 4. The van der Waals surface area contributed by atoms with Gasteiger partial charge in [0.05, 0.1) is 4.92 Å². The highest BCUT2D eigenvalue weighted by Crippen LogP contribution is 2.18. The van der Waals surface area contributed by atoms with Crippen molar-refractivity contribution >= 4 is 11.5 Å². The molecule has 0 radical (unpaired) electrons. The van der Waals surface area contributed by atoms with Crippen molar-refractivity contribution in [1.82, 2.24) is 4.98 Å². The molecule has 1 heterocycles. The Morgan fingerprint density at radius 3 is 2.75 bits per heavy atom. The monoisotopic (exact) mass is 223 g/mol. The Balaban J connectivity index is 2.70. The summed E-state index contributed by atoms with van der Waals surface area (Å²) in [5.74, 6) is 1.26. The summed E-state index contributed by atoms with van der Waals surface area (Å²) < 4.78 is 0. The van der Waals surface area contributed by atoms with Crippen LogP contribution >= 0.6 is 0 Å². The number of nitrogens with zero attached hydrogens (tertiary/aromatic N) is 2. The third-order valence-electron chi connectivity index (χ3n) is 2.58. The Kier molecular flexibility index (Phi) is 4.22. The number of rotatable bonds is 5. The van der Waals surface area contributed by atoms with Gasteiger partial charge in [-0.1, -0.05) is 20.3 Å². The van der Waals surface area contributed by atoms with Crippen LogP contribution < -0.4 is 5.32 Å². The van der Waals surface area contributed by atoms with Crippen LogP contribution in [0.15, 0.2) is 12.1 Å². The molecule has 5 heteroatoms. The number of aromatic nitrogens is 1. The van der Waals surface area contributed by atoms with Crippen molar-refractivity contribution in [2.45, 2.75) is 27.2 Å². The van der Waals surface area contributed by atoms with Gasteiger partial charge in [0.1, 0.15) is 11.5 Å². The van der Waals surface area contributed by atoms with Crippen molar-refractivity contribution in [3.63, 3.8) is 0 Å². The highest BCUT2D eigenvalue weighted by molar-refractivity contribution is 5.44. The molecule has 0 spiro atoms. The number of nitrogens with one attached hydrogen (secondary N) is 1. The molecule has 1 aromatic rings. The second-order valence-electron chi connectivity index (χ2n) is 3.95. The zero-order valence-electron chi connectivity index (χ0n) is 9.86. The standard InChI is InChI=1S/C11H17N3O2/c1-4-8(2)7-12-11-6-5-10(14(15)16)9(3)13-11/h5-6,8H,4,7H2,1-3H3,(H,12,13). The first-order valence-corrected chi connectivity index (χ1v) is 5.40. The van der Waals surface area contributed by atoms with Gasteiger partial charge in [-0.15, -0.1) is 0 Å². The quantitative estimate of drug-likeness (QED) is 0.615. The fourth-order valence-electron chi connectivity index (χ4n) is 1.27. The summed E-state index contributed by atoms with van der Waals surface area (Å²) in [7, 11) is 0. The minimum absolute atomic E-state index is 0.0640. The molecule has 0 aliphatic carbocycles. The molecule has 0 aliphatic heterocycles. The van der Waals surface area contributed by atoms with Crippen molar-refractivity contribution in [2.75, 3.05) is 11.9 Å². The van der Waals surface area contributed by atoms with Crippen molar-refractivity contribution in [3.05, 3.63) is 27.9 Å². The fraction of sp³-hybridized carbons (Fsp3) is 0.545. The van der Waals surface area contributed by atoms with Crippen LogP contribution in [-0.4, -0.2) is 16.5 Å². The van der Waals surface area contributed by atoms with E-state index in [1.54, 1.807) is 13.0 Å². The van der Waals surface area contributed by atoms with E-state index in [2.05, 4.69) is 24.1 Å². The van der Waals surface area contributed by atoms with E-state index < -0.39 is 4.92 Å². The van der Waals surface area contributed by atoms with Crippen LogP contribution in [-0.2, 0) is 0 Å². The summed E-state index contributed by atoms with van der Waals surface area (Å²) in [5, 5.41) is 13.8. The molecule has 0 aliphatic rings. The molecule has 0 saturated heterocycles. The lowest BCUT2D eigenvalue weighted by Crippen LogP contribution is -2.11. The van der Waals surface area contributed by atoms with Crippen molar-refractivity contribution in [2.24, 2.45) is 5.92 Å². The molecule has 1 aromatic heterocycles. The molecular weight excluding hydrogens is 206 g/mol. The second-order valence-corrected chi connectivity index (χ2v) is 3.95. The maximum absolute atomic E-state index is 10.6. The Hall–Kier alpha value is -1.65. The molecule has 88 valence electrons. The average molecular weight is 223 g/mol. The van der Waals surface area contributed by atoms with Crippen LogP contribution in [0.3, 0.4) is 0 Å². The lowest BCUT2D eigenvalue weighted by molar-refractivity contribution is -0.385. The van der Waals surface area contributed by atoms with Crippen molar-refractivity contribution in [1.29, 1.82) is 0 Å². The highest BCUT2D eigenvalue weighted by atomic mass is 16.6. The molecule has 0 amide bonds. The van der Waals surface area contributed by atoms with Crippen LogP contribution in [0, 0.1) is 23.0 Å². The fourth-order valence-corrected chi connectivity index (χ4v) is 1.27. The molecule has 0 fully saturated rings. The highest BCUT2D eigenvalue weighted by Gasteiger charge is 2.11. The minimum atomic E-state index is -0.416. The van der Waals surface area contributed by atoms with E-state index in [1.165, 1.54) is 6.07 Å². The number of anilines is 1. The van der Waals surface area contributed by atoms with E-state index in [0.717, 1.165) is 13.0 Å². The lowest BCUT2D eigenvalue weighted by atomic mass is 10.1. The zero-order chi connectivity index (χ0) is 12.1. The lowest BCUT2D eigenvalue weighted by Gasteiger charge is -2.10. The molecule has 1 rings (SSSR count). The van der Waals surface area contributed by atoms with E-state index in [0.29, 0.717) is 17.4 Å². The van der Waals surface area contributed by atoms with Gasteiger partial charge in [0.15, 0.2) is 0 Å². The van der Waals surface area contributed by atoms with Crippen LogP contribution in [0.1, 0.15) is 26.0 Å². The van der Waals surface area contributed by atoms with E-state index in [-0.39, 0.29) is 5.69 Å². The Labute approximate surface area is 95.0 Å². The summed E-state index contributed by atoms with van der Waals surface area (Å²) in [5.41, 5.74) is 0.508. The molecule has 0 saturated carbocycles.